The van der Waals surface area contributed by atoms with Gasteiger partial charge in [-0.3, -0.25) is 14.4 Å². The van der Waals surface area contributed by atoms with Gasteiger partial charge in [0.1, 0.15) is 6.29 Å². The molecule has 210 valence electrons. The van der Waals surface area contributed by atoms with Crippen molar-refractivity contribution in [3.05, 3.63) is 65.9 Å². The summed E-state index contributed by atoms with van der Waals surface area (Å²) in [6, 6.07) is 13.6. The smallest absolute Gasteiger partial charge is 0.319 e. The van der Waals surface area contributed by atoms with Crippen molar-refractivity contribution in [2.75, 3.05) is 38.0 Å². The Labute approximate surface area is 234 Å². The third-order valence-corrected chi connectivity index (χ3v) is 6.06. The van der Waals surface area contributed by atoms with E-state index in [0.29, 0.717) is 54.6 Å². The molecule has 0 radical (unpaired) electrons. The van der Waals surface area contributed by atoms with Crippen molar-refractivity contribution in [2.45, 2.75) is 26.7 Å². The van der Waals surface area contributed by atoms with E-state index in [1.54, 1.807) is 47.4 Å². The van der Waals surface area contributed by atoms with E-state index in [2.05, 4.69) is 28.5 Å². The van der Waals surface area contributed by atoms with Crippen molar-refractivity contribution in [1.29, 1.82) is 0 Å². The lowest BCUT2D eigenvalue weighted by Crippen LogP contribution is -2.52. The fourth-order valence-corrected chi connectivity index (χ4v) is 4.13. The number of hydrogen-bond acceptors (Lipinski definition) is 5. The van der Waals surface area contributed by atoms with E-state index < -0.39 is 17.7 Å². The number of H-pyrrole nitrogens is 1. The van der Waals surface area contributed by atoms with E-state index >= 15 is 0 Å². The first-order chi connectivity index (χ1) is 19.5. The van der Waals surface area contributed by atoms with Crippen LogP contribution in [0.25, 0.3) is 10.9 Å². The number of piperazine rings is 1. The molecule has 0 spiro atoms. The van der Waals surface area contributed by atoms with Gasteiger partial charge < -0.3 is 30.2 Å². The lowest BCUT2D eigenvalue weighted by molar-refractivity contribution is -0.127. The van der Waals surface area contributed by atoms with Crippen LogP contribution in [0.1, 0.15) is 47.4 Å². The second-order valence-electron chi connectivity index (χ2n) is 8.40. The Morgan fingerprint density at radius 1 is 0.925 bits per heavy atom. The summed E-state index contributed by atoms with van der Waals surface area (Å²) < 4.78 is 0. The van der Waals surface area contributed by atoms with Gasteiger partial charge in [-0.25, -0.2) is 4.79 Å². The Bertz CT molecular complexity index is 1320. The fraction of sp³-hybridized carbons (Fsp3) is 0.300. The highest BCUT2D eigenvalue weighted by atomic mass is 16.2. The number of aromatic nitrogens is 1. The maximum atomic E-state index is 13.1. The molecule has 0 aliphatic carbocycles. The van der Waals surface area contributed by atoms with Gasteiger partial charge in [0.15, 0.2) is 0 Å². The first kappa shape index (κ1) is 31.3. The molecule has 0 bridgehead atoms. The Balaban J connectivity index is 0.00000134. The highest BCUT2D eigenvalue weighted by molar-refractivity contribution is 6.45. The molecule has 0 atom stereocenters. The molecule has 10 nitrogen and oxygen atoms in total. The molecule has 0 unspecified atom stereocenters. The number of terminal acetylenes is 1. The largest absolute Gasteiger partial charge is 0.359 e. The van der Waals surface area contributed by atoms with Crippen LogP contribution in [-0.4, -0.2) is 77.4 Å². The van der Waals surface area contributed by atoms with E-state index in [0.717, 1.165) is 6.29 Å². The number of carbonyl (C=O) groups is 5. The summed E-state index contributed by atoms with van der Waals surface area (Å²) in [5.74, 6) is -1.38. The standard InChI is InChI=1S/C26H27N5O5.C2H6.C2H2/c32-16-5-4-11-27-26(36)29-21-10-6-9-19-20(17-28-22(19)21)23(33)25(35)31-14-12-30(13-15-31)24(34)18-7-2-1-3-8-18;2*1-2/h1-3,6-10,16-17,28H,4-5,11-15H2,(H2,27,29,36);1-2H3;1-2H. The lowest BCUT2D eigenvalue weighted by atomic mass is 10.1. The number of carbonyl (C=O) groups excluding carboxylic acids is 5. The molecule has 4 amide bonds. The zero-order valence-electron chi connectivity index (χ0n) is 22.8. The minimum Gasteiger partial charge on any atom is -0.359 e. The highest BCUT2D eigenvalue weighted by Gasteiger charge is 2.30. The summed E-state index contributed by atoms with van der Waals surface area (Å²) >= 11 is 0. The zero-order chi connectivity index (χ0) is 29.5. The second kappa shape index (κ2) is 16.1. The van der Waals surface area contributed by atoms with E-state index in [9.17, 15) is 24.0 Å². The van der Waals surface area contributed by atoms with Crippen LogP contribution in [0.15, 0.2) is 54.7 Å². The van der Waals surface area contributed by atoms with Crippen molar-refractivity contribution < 1.29 is 24.0 Å². The van der Waals surface area contributed by atoms with Gasteiger partial charge in [0.25, 0.3) is 17.6 Å². The average molecular weight is 546 g/mol. The molecule has 3 aromatic rings. The number of fused-ring (bicyclic) bond motifs is 1. The van der Waals surface area contributed by atoms with Gasteiger partial charge in [-0.2, -0.15) is 0 Å². The molecule has 0 saturated carbocycles. The third-order valence-electron chi connectivity index (χ3n) is 6.06. The molecule has 10 heteroatoms. The molecule has 1 aliphatic heterocycles. The minimum atomic E-state index is -0.653. The van der Waals surface area contributed by atoms with Crippen LogP contribution in [0.3, 0.4) is 0 Å². The summed E-state index contributed by atoms with van der Waals surface area (Å²) in [6.45, 7) is 5.58. The molecular formula is C30H35N5O5. The van der Waals surface area contributed by atoms with Crippen molar-refractivity contribution >= 4 is 46.5 Å². The minimum absolute atomic E-state index is 0.0986. The van der Waals surface area contributed by atoms with Crippen LogP contribution < -0.4 is 10.6 Å². The molecular weight excluding hydrogens is 510 g/mol. The third kappa shape index (κ3) is 7.80. The Kier molecular flexibility index (Phi) is 12.6. The van der Waals surface area contributed by atoms with Crippen LogP contribution in [0.4, 0.5) is 10.5 Å². The summed E-state index contributed by atoms with van der Waals surface area (Å²) in [5.41, 5.74) is 1.79. The molecule has 4 rings (SSSR count). The number of ketones is 1. The number of unbranched alkanes of at least 4 members (excludes halogenated alkanes) is 1. The number of aromatic amines is 1. The number of benzene rings is 2. The number of para-hydroxylation sites is 1. The number of nitrogens with zero attached hydrogens (tertiary/aromatic N) is 2. The van der Waals surface area contributed by atoms with Crippen molar-refractivity contribution in [1.82, 2.24) is 20.1 Å². The summed E-state index contributed by atoms with van der Waals surface area (Å²) in [6.07, 6.45) is 11.2. The maximum absolute atomic E-state index is 13.1. The first-order valence-electron chi connectivity index (χ1n) is 13.1. The molecule has 1 saturated heterocycles. The number of urea groups is 1. The molecule has 3 N–H and O–H groups in total. The molecule has 1 aliphatic rings. The van der Waals surface area contributed by atoms with E-state index in [4.69, 9.17) is 0 Å². The van der Waals surface area contributed by atoms with E-state index in [1.807, 2.05) is 19.9 Å². The SMILES string of the molecule is C#C.CC.O=CCCCNC(=O)Nc1cccc2c(C(=O)C(=O)N3CCN(C(=O)c4ccccc4)CC3)c[nH]c12. The molecule has 2 heterocycles. The van der Waals surface area contributed by atoms with Crippen LogP contribution >= 0.6 is 0 Å². The van der Waals surface area contributed by atoms with Gasteiger partial charge in [0.2, 0.25) is 0 Å². The second-order valence-corrected chi connectivity index (χ2v) is 8.40. The van der Waals surface area contributed by atoms with Gasteiger partial charge in [-0.05, 0) is 24.6 Å². The van der Waals surface area contributed by atoms with Crippen molar-refractivity contribution in [3.8, 4) is 12.8 Å². The lowest BCUT2D eigenvalue weighted by Gasteiger charge is -2.34. The molecule has 1 aromatic heterocycles. The quantitative estimate of drug-likeness (QED) is 0.131. The van der Waals surface area contributed by atoms with E-state index in [1.165, 1.54) is 11.1 Å². The number of Topliss-reactive ketones (excluding diaryl/α,β-unsaturated/α-hetero) is 1. The molecule has 2 aromatic carbocycles. The monoisotopic (exact) mass is 545 g/mol. The Morgan fingerprint density at radius 3 is 2.23 bits per heavy atom. The highest BCUT2D eigenvalue weighted by Crippen LogP contribution is 2.26. The van der Waals surface area contributed by atoms with Crippen LogP contribution in [0.2, 0.25) is 0 Å². The number of rotatable bonds is 8. The number of aldehydes is 1. The summed E-state index contributed by atoms with van der Waals surface area (Å²) in [7, 11) is 0. The van der Waals surface area contributed by atoms with Gasteiger partial charge in [0.05, 0.1) is 16.8 Å². The van der Waals surface area contributed by atoms with Gasteiger partial charge in [0, 0.05) is 56.3 Å². The fourth-order valence-electron chi connectivity index (χ4n) is 4.13. The zero-order valence-corrected chi connectivity index (χ0v) is 22.8. The van der Waals surface area contributed by atoms with Crippen LogP contribution in [0.5, 0.6) is 0 Å². The normalized spacial score (nSPS) is 12.2. The van der Waals surface area contributed by atoms with E-state index in [-0.39, 0.29) is 24.6 Å². The van der Waals surface area contributed by atoms with Gasteiger partial charge >= 0.3 is 6.03 Å². The number of anilines is 1. The van der Waals surface area contributed by atoms with Crippen molar-refractivity contribution in [2.24, 2.45) is 0 Å². The maximum Gasteiger partial charge on any atom is 0.319 e. The predicted molar refractivity (Wildman–Crippen MR) is 155 cm³/mol. The van der Waals surface area contributed by atoms with Crippen LogP contribution in [-0.2, 0) is 9.59 Å². The molecule has 40 heavy (non-hydrogen) atoms. The molecule has 1 fully saturated rings. The number of hydrogen-bond donors (Lipinski definition) is 3. The topological polar surface area (TPSA) is 132 Å². The number of nitrogens with one attached hydrogen (secondary N) is 3. The van der Waals surface area contributed by atoms with Gasteiger partial charge in [-0.15, -0.1) is 12.8 Å². The number of amides is 4. The van der Waals surface area contributed by atoms with Crippen molar-refractivity contribution in [3.63, 3.8) is 0 Å². The van der Waals surface area contributed by atoms with Crippen LogP contribution in [0, 0.1) is 12.8 Å². The summed E-state index contributed by atoms with van der Waals surface area (Å²) in [4.78, 5) is 67.4. The first-order valence-corrected chi connectivity index (χ1v) is 13.1. The summed E-state index contributed by atoms with van der Waals surface area (Å²) in [5, 5.41) is 5.91. The Hall–Kier alpha value is -4.91. The van der Waals surface area contributed by atoms with Gasteiger partial charge in [-0.1, -0.05) is 44.2 Å². The Morgan fingerprint density at radius 2 is 1.57 bits per heavy atom. The average Bonchev–Trinajstić information content (AvgIpc) is 3.46. The predicted octanol–water partition coefficient (Wildman–Crippen LogP) is 3.71.